The highest BCUT2D eigenvalue weighted by Gasteiger charge is 2.19. The van der Waals surface area contributed by atoms with Crippen LogP contribution in [-0.2, 0) is 4.79 Å². The molecule has 1 heterocycles. The van der Waals surface area contributed by atoms with Gasteiger partial charge < -0.3 is 10.2 Å². The van der Waals surface area contributed by atoms with Crippen molar-refractivity contribution >= 4 is 29.3 Å². The Balaban J connectivity index is 1.59. The second-order valence-electron chi connectivity index (χ2n) is 5.85. The van der Waals surface area contributed by atoms with Gasteiger partial charge in [-0.15, -0.1) is 11.8 Å². The van der Waals surface area contributed by atoms with Gasteiger partial charge in [-0.05, 0) is 43.2 Å². The number of nitrogens with one attached hydrogen (secondary N) is 1. The molecule has 0 unspecified atom stereocenters. The minimum absolute atomic E-state index is 0.00525. The van der Waals surface area contributed by atoms with Crippen LogP contribution in [0.4, 0.5) is 10.1 Å². The Labute approximate surface area is 150 Å². The van der Waals surface area contributed by atoms with Gasteiger partial charge in [-0.2, -0.15) is 0 Å². The normalized spacial score (nSPS) is 13.7. The molecule has 0 spiro atoms. The van der Waals surface area contributed by atoms with Gasteiger partial charge in [-0.1, -0.05) is 18.2 Å². The van der Waals surface area contributed by atoms with Gasteiger partial charge in [0.1, 0.15) is 5.82 Å². The standard InChI is InChI=1S/C19H19FN2O2S/c20-16-8-1-2-9-17(16)25-13-18(23)21-15-7-5-6-14(12-15)19(24)22-10-3-4-11-22/h1-2,5-9,12H,3-4,10-11,13H2,(H,21,23). The molecule has 0 bridgehead atoms. The SMILES string of the molecule is O=C(CSc1ccccc1F)Nc1cccc(C(=O)N2CCCC2)c1. The Bertz CT molecular complexity index is 776. The van der Waals surface area contributed by atoms with E-state index < -0.39 is 0 Å². The molecular weight excluding hydrogens is 339 g/mol. The van der Waals surface area contributed by atoms with Gasteiger partial charge in [0.05, 0.1) is 5.75 Å². The molecule has 0 aliphatic carbocycles. The van der Waals surface area contributed by atoms with Crippen molar-refractivity contribution in [3.05, 3.63) is 59.9 Å². The summed E-state index contributed by atoms with van der Waals surface area (Å²) in [5.41, 5.74) is 1.14. The minimum atomic E-state index is -0.335. The molecule has 1 saturated heterocycles. The molecule has 1 aliphatic rings. The first-order valence-electron chi connectivity index (χ1n) is 8.20. The molecule has 0 radical (unpaired) electrons. The quantitative estimate of drug-likeness (QED) is 0.827. The first-order chi connectivity index (χ1) is 12.1. The Hall–Kier alpha value is -2.34. The summed E-state index contributed by atoms with van der Waals surface area (Å²) in [7, 11) is 0. The number of hydrogen-bond acceptors (Lipinski definition) is 3. The van der Waals surface area contributed by atoms with Gasteiger partial charge in [0.15, 0.2) is 0 Å². The molecule has 3 rings (SSSR count). The van der Waals surface area contributed by atoms with E-state index in [1.165, 1.54) is 6.07 Å². The third-order valence-corrected chi connectivity index (χ3v) is 5.03. The maximum absolute atomic E-state index is 13.6. The van der Waals surface area contributed by atoms with E-state index in [0.717, 1.165) is 37.7 Å². The number of amides is 2. The van der Waals surface area contributed by atoms with E-state index in [4.69, 9.17) is 0 Å². The number of nitrogens with zero attached hydrogens (tertiary/aromatic N) is 1. The summed E-state index contributed by atoms with van der Waals surface area (Å²) in [5, 5.41) is 2.76. The first-order valence-corrected chi connectivity index (χ1v) is 9.18. The summed E-state index contributed by atoms with van der Waals surface area (Å²) in [6.45, 7) is 1.57. The lowest BCUT2D eigenvalue weighted by atomic mass is 10.1. The second-order valence-corrected chi connectivity index (χ2v) is 6.86. The fraction of sp³-hybridized carbons (Fsp3) is 0.263. The van der Waals surface area contributed by atoms with E-state index in [-0.39, 0.29) is 23.4 Å². The van der Waals surface area contributed by atoms with Crippen molar-refractivity contribution in [1.82, 2.24) is 4.90 Å². The Kier molecular flexibility index (Phi) is 5.71. The maximum atomic E-state index is 13.6. The number of thioether (sulfide) groups is 1. The van der Waals surface area contributed by atoms with Crippen molar-refractivity contribution < 1.29 is 14.0 Å². The molecule has 1 N–H and O–H groups in total. The van der Waals surface area contributed by atoms with Crippen LogP contribution in [0, 0.1) is 5.82 Å². The molecule has 4 nitrogen and oxygen atoms in total. The van der Waals surface area contributed by atoms with E-state index in [0.29, 0.717) is 16.1 Å². The van der Waals surface area contributed by atoms with E-state index in [1.54, 1.807) is 42.5 Å². The predicted octanol–water partition coefficient (Wildman–Crippen LogP) is 3.79. The lowest BCUT2D eigenvalue weighted by Gasteiger charge is -2.15. The Morgan fingerprint density at radius 2 is 1.84 bits per heavy atom. The van der Waals surface area contributed by atoms with Gasteiger partial charge in [-0.25, -0.2) is 4.39 Å². The lowest BCUT2D eigenvalue weighted by Crippen LogP contribution is -2.27. The summed E-state index contributed by atoms with van der Waals surface area (Å²) in [6.07, 6.45) is 2.07. The highest BCUT2D eigenvalue weighted by molar-refractivity contribution is 8.00. The largest absolute Gasteiger partial charge is 0.339 e. The number of carbonyl (C=O) groups is 2. The number of benzene rings is 2. The van der Waals surface area contributed by atoms with Gasteiger partial charge in [0.2, 0.25) is 5.91 Å². The van der Waals surface area contributed by atoms with Crippen LogP contribution in [0.15, 0.2) is 53.4 Å². The zero-order valence-corrected chi connectivity index (χ0v) is 14.5. The molecule has 130 valence electrons. The van der Waals surface area contributed by atoms with E-state index in [9.17, 15) is 14.0 Å². The maximum Gasteiger partial charge on any atom is 0.253 e. The van der Waals surface area contributed by atoms with Crippen LogP contribution >= 0.6 is 11.8 Å². The fourth-order valence-electron chi connectivity index (χ4n) is 2.73. The third-order valence-electron chi connectivity index (χ3n) is 3.98. The third kappa shape index (κ3) is 4.60. The average molecular weight is 358 g/mol. The fourth-order valence-corrected chi connectivity index (χ4v) is 3.47. The van der Waals surface area contributed by atoms with Crippen molar-refractivity contribution in [2.24, 2.45) is 0 Å². The number of halogens is 1. The van der Waals surface area contributed by atoms with Gasteiger partial charge in [-0.3, -0.25) is 9.59 Å². The molecule has 0 saturated carbocycles. The topological polar surface area (TPSA) is 49.4 Å². The molecule has 2 aromatic rings. The molecular formula is C19H19FN2O2S. The van der Waals surface area contributed by atoms with Crippen molar-refractivity contribution in [2.75, 3.05) is 24.2 Å². The Morgan fingerprint density at radius 1 is 1.08 bits per heavy atom. The first kappa shape index (κ1) is 17.5. The summed E-state index contributed by atoms with van der Waals surface area (Å²) >= 11 is 1.14. The highest BCUT2D eigenvalue weighted by atomic mass is 32.2. The molecule has 25 heavy (non-hydrogen) atoms. The van der Waals surface area contributed by atoms with Crippen molar-refractivity contribution in [3.8, 4) is 0 Å². The number of anilines is 1. The van der Waals surface area contributed by atoms with E-state index >= 15 is 0 Å². The highest BCUT2D eigenvalue weighted by Crippen LogP contribution is 2.22. The molecule has 6 heteroatoms. The van der Waals surface area contributed by atoms with Crippen LogP contribution in [0.2, 0.25) is 0 Å². The van der Waals surface area contributed by atoms with Crippen LogP contribution in [0.5, 0.6) is 0 Å². The molecule has 1 fully saturated rings. The summed E-state index contributed by atoms with van der Waals surface area (Å²) < 4.78 is 13.6. The molecule has 1 aliphatic heterocycles. The summed E-state index contributed by atoms with van der Waals surface area (Å²) in [6, 6.07) is 13.3. The monoisotopic (exact) mass is 358 g/mol. The smallest absolute Gasteiger partial charge is 0.253 e. The van der Waals surface area contributed by atoms with Crippen LogP contribution in [0.1, 0.15) is 23.2 Å². The molecule has 0 aromatic heterocycles. The van der Waals surface area contributed by atoms with E-state index in [2.05, 4.69) is 5.32 Å². The van der Waals surface area contributed by atoms with Crippen molar-refractivity contribution in [2.45, 2.75) is 17.7 Å². The predicted molar refractivity (Wildman–Crippen MR) is 97.3 cm³/mol. The minimum Gasteiger partial charge on any atom is -0.339 e. The van der Waals surface area contributed by atoms with E-state index in [1.807, 2.05) is 4.90 Å². The molecule has 2 amide bonds. The van der Waals surface area contributed by atoms with Crippen molar-refractivity contribution in [3.63, 3.8) is 0 Å². The van der Waals surface area contributed by atoms with Crippen molar-refractivity contribution in [1.29, 1.82) is 0 Å². The molecule has 2 aromatic carbocycles. The lowest BCUT2D eigenvalue weighted by molar-refractivity contribution is -0.113. The Morgan fingerprint density at radius 3 is 2.60 bits per heavy atom. The number of hydrogen-bond donors (Lipinski definition) is 1. The number of likely N-dealkylation sites (tertiary alicyclic amines) is 1. The number of rotatable bonds is 5. The molecule has 0 atom stereocenters. The summed E-state index contributed by atoms with van der Waals surface area (Å²) in [4.78, 5) is 26.8. The summed E-state index contributed by atoms with van der Waals surface area (Å²) in [5.74, 6) is -0.475. The van der Waals surface area contributed by atoms with Crippen LogP contribution in [-0.4, -0.2) is 35.6 Å². The van der Waals surface area contributed by atoms with Crippen LogP contribution in [0.25, 0.3) is 0 Å². The van der Waals surface area contributed by atoms with Crippen LogP contribution in [0.3, 0.4) is 0 Å². The van der Waals surface area contributed by atoms with Crippen LogP contribution < -0.4 is 5.32 Å². The van der Waals surface area contributed by atoms with Gasteiger partial charge >= 0.3 is 0 Å². The average Bonchev–Trinajstić information content (AvgIpc) is 3.15. The van der Waals surface area contributed by atoms with Gasteiger partial charge in [0, 0.05) is 29.2 Å². The number of carbonyl (C=O) groups excluding carboxylic acids is 2. The second kappa shape index (κ2) is 8.16. The zero-order valence-electron chi connectivity index (χ0n) is 13.7. The zero-order chi connectivity index (χ0) is 17.6. The van der Waals surface area contributed by atoms with Gasteiger partial charge in [0.25, 0.3) is 5.91 Å².